The average Bonchev–Trinajstić information content (AvgIpc) is 2.60. The molecule has 2 rings (SSSR count). The van der Waals surface area contributed by atoms with Crippen molar-refractivity contribution in [3.63, 3.8) is 0 Å². The average molecular weight is 259 g/mol. The molecule has 1 aliphatic rings. The molecule has 1 unspecified atom stereocenters. The van der Waals surface area contributed by atoms with Gasteiger partial charge in [-0.1, -0.05) is 0 Å². The van der Waals surface area contributed by atoms with Crippen LogP contribution >= 0.6 is 0 Å². The zero-order valence-corrected chi connectivity index (χ0v) is 9.52. The van der Waals surface area contributed by atoms with Gasteiger partial charge in [-0.05, 0) is 6.07 Å². The molecule has 6 nitrogen and oxygen atoms in total. The molecule has 0 aliphatic carbocycles. The van der Waals surface area contributed by atoms with Crippen LogP contribution in [-0.2, 0) is 14.8 Å². The number of sulfonamides is 1. The lowest BCUT2D eigenvalue weighted by atomic mass is 10.3. The van der Waals surface area contributed by atoms with Gasteiger partial charge in [0.15, 0.2) is 0 Å². The summed E-state index contributed by atoms with van der Waals surface area (Å²) in [5.41, 5.74) is 0.286. The first-order valence-corrected chi connectivity index (χ1v) is 6.42. The molecule has 0 bridgehead atoms. The molecule has 1 aromatic heterocycles. The molecule has 2 N–H and O–H groups in total. The van der Waals surface area contributed by atoms with Crippen molar-refractivity contribution in [3.8, 4) is 0 Å². The molecule has 1 aliphatic heterocycles. The minimum absolute atomic E-state index is 0.0544. The summed E-state index contributed by atoms with van der Waals surface area (Å²) in [6.45, 7) is -0.0544. The van der Waals surface area contributed by atoms with Gasteiger partial charge in [0, 0.05) is 30.9 Å². The van der Waals surface area contributed by atoms with E-state index < -0.39 is 27.1 Å². The van der Waals surface area contributed by atoms with Crippen molar-refractivity contribution >= 4 is 21.6 Å². The van der Waals surface area contributed by atoms with Gasteiger partial charge in [0.1, 0.15) is 5.25 Å². The van der Waals surface area contributed by atoms with Crippen molar-refractivity contribution in [2.75, 3.05) is 11.4 Å². The highest BCUT2D eigenvalue weighted by Crippen LogP contribution is 2.23. The number of aromatic nitrogens is 1. The number of halogens is 1. The molecule has 17 heavy (non-hydrogen) atoms. The second-order valence-electron chi connectivity index (χ2n) is 3.76. The van der Waals surface area contributed by atoms with Gasteiger partial charge in [0.2, 0.25) is 21.9 Å². The minimum Gasteiger partial charge on any atom is -0.311 e. The normalized spacial score (nSPS) is 20.9. The van der Waals surface area contributed by atoms with Crippen LogP contribution in [0, 0.1) is 5.95 Å². The molecular weight excluding hydrogens is 249 g/mol. The number of primary sulfonamides is 1. The molecule has 8 heteroatoms. The van der Waals surface area contributed by atoms with Crippen LogP contribution in [0.5, 0.6) is 0 Å². The molecule has 92 valence electrons. The van der Waals surface area contributed by atoms with Crippen molar-refractivity contribution in [1.82, 2.24) is 4.98 Å². The van der Waals surface area contributed by atoms with E-state index in [1.807, 2.05) is 0 Å². The lowest BCUT2D eigenvalue weighted by Crippen LogP contribution is -2.32. The highest BCUT2D eigenvalue weighted by atomic mass is 32.2. The molecule has 0 aromatic carbocycles. The van der Waals surface area contributed by atoms with E-state index in [2.05, 4.69) is 4.98 Å². The Bertz CT molecular complexity index is 560. The summed E-state index contributed by atoms with van der Waals surface area (Å²) >= 11 is 0. The van der Waals surface area contributed by atoms with Crippen LogP contribution in [0.2, 0.25) is 0 Å². The summed E-state index contributed by atoms with van der Waals surface area (Å²) in [7, 11) is -3.76. The van der Waals surface area contributed by atoms with Crippen molar-refractivity contribution in [1.29, 1.82) is 0 Å². The monoisotopic (exact) mass is 259 g/mol. The first-order valence-electron chi connectivity index (χ1n) is 4.81. The van der Waals surface area contributed by atoms with Crippen molar-refractivity contribution in [2.45, 2.75) is 11.7 Å². The zero-order valence-electron chi connectivity index (χ0n) is 8.71. The van der Waals surface area contributed by atoms with E-state index in [4.69, 9.17) is 5.14 Å². The summed E-state index contributed by atoms with van der Waals surface area (Å²) in [5.74, 6) is -1.12. The van der Waals surface area contributed by atoms with Crippen LogP contribution in [0.1, 0.15) is 6.42 Å². The number of anilines is 1. The number of hydrogen-bond donors (Lipinski definition) is 1. The number of nitrogens with zero attached hydrogens (tertiary/aromatic N) is 2. The minimum atomic E-state index is -3.76. The lowest BCUT2D eigenvalue weighted by molar-refractivity contribution is -0.117. The summed E-state index contributed by atoms with van der Waals surface area (Å²) < 4.78 is 35.2. The molecule has 2 heterocycles. The summed E-state index contributed by atoms with van der Waals surface area (Å²) in [4.78, 5) is 16.2. The first kappa shape index (κ1) is 11.9. The van der Waals surface area contributed by atoms with Crippen molar-refractivity contribution < 1.29 is 17.6 Å². The van der Waals surface area contributed by atoms with Crippen molar-refractivity contribution in [2.24, 2.45) is 5.14 Å². The predicted octanol–water partition coefficient (Wildman–Crippen LogP) is -0.385. The fourth-order valence-electron chi connectivity index (χ4n) is 1.70. The fraction of sp³-hybridized carbons (Fsp3) is 0.333. The number of nitrogens with two attached hydrogens (primary N) is 1. The standard InChI is InChI=1S/C9H10FN3O3S/c10-8-3-6(1-2-12-8)13-5-7(4-9(13)14)17(11,15)16/h1-3,7H,4-5H2,(H2,11,15,16). The maximum Gasteiger partial charge on any atom is 0.228 e. The van der Waals surface area contributed by atoms with Gasteiger partial charge in [-0.2, -0.15) is 4.39 Å². The van der Waals surface area contributed by atoms with Crippen LogP contribution < -0.4 is 10.0 Å². The second kappa shape index (κ2) is 4.04. The van der Waals surface area contributed by atoms with Crippen molar-refractivity contribution in [3.05, 3.63) is 24.3 Å². The van der Waals surface area contributed by atoms with E-state index in [1.165, 1.54) is 17.2 Å². The van der Waals surface area contributed by atoms with Gasteiger partial charge >= 0.3 is 0 Å². The quantitative estimate of drug-likeness (QED) is 0.732. The van der Waals surface area contributed by atoms with Gasteiger partial charge in [-0.15, -0.1) is 0 Å². The third kappa shape index (κ3) is 2.42. The van der Waals surface area contributed by atoms with Gasteiger partial charge in [-0.3, -0.25) is 4.79 Å². The number of pyridine rings is 1. The Labute approximate surface area is 97.3 Å². The van der Waals surface area contributed by atoms with Gasteiger partial charge in [0.05, 0.1) is 0 Å². The molecule has 1 fully saturated rings. The fourth-order valence-corrected chi connectivity index (χ4v) is 2.44. The van der Waals surface area contributed by atoms with E-state index in [-0.39, 0.29) is 18.7 Å². The maximum atomic E-state index is 12.9. The zero-order chi connectivity index (χ0) is 12.6. The van der Waals surface area contributed by atoms with Crippen LogP contribution in [0.25, 0.3) is 0 Å². The number of hydrogen-bond acceptors (Lipinski definition) is 4. The van der Waals surface area contributed by atoms with E-state index in [9.17, 15) is 17.6 Å². The number of carbonyl (C=O) groups excluding carboxylic acids is 1. The Morgan fingerprint density at radius 1 is 1.53 bits per heavy atom. The van der Waals surface area contributed by atoms with Gasteiger partial charge in [0.25, 0.3) is 0 Å². The Kier molecular flexibility index (Phi) is 2.84. The molecule has 0 radical (unpaired) electrons. The molecule has 1 saturated heterocycles. The van der Waals surface area contributed by atoms with E-state index >= 15 is 0 Å². The lowest BCUT2D eigenvalue weighted by Gasteiger charge is -2.15. The Morgan fingerprint density at radius 3 is 2.76 bits per heavy atom. The number of amides is 1. The smallest absolute Gasteiger partial charge is 0.228 e. The third-order valence-corrected chi connectivity index (χ3v) is 3.82. The summed E-state index contributed by atoms with van der Waals surface area (Å²) in [6, 6.07) is 2.51. The second-order valence-corrected chi connectivity index (χ2v) is 5.60. The van der Waals surface area contributed by atoms with E-state index in [0.29, 0.717) is 0 Å². The SMILES string of the molecule is NS(=O)(=O)C1CC(=O)N(c2ccnc(F)c2)C1. The summed E-state index contributed by atoms with van der Waals surface area (Å²) in [6.07, 6.45) is 1.03. The van der Waals surface area contributed by atoms with Crippen LogP contribution in [-0.4, -0.2) is 31.1 Å². The highest BCUT2D eigenvalue weighted by Gasteiger charge is 2.37. The molecular formula is C9H10FN3O3S. The Hall–Kier alpha value is -1.54. The maximum absolute atomic E-state index is 12.9. The van der Waals surface area contributed by atoms with Crippen LogP contribution in [0.4, 0.5) is 10.1 Å². The van der Waals surface area contributed by atoms with Crippen LogP contribution in [0.3, 0.4) is 0 Å². The predicted molar refractivity (Wildman–Crippen MR) is 58.1 cm³/mol. The Balaban J connectivity index is 2.28. The highest BCUT2D eigenvalue weighted by molar-refractivity contribution is 7.89. The van der Waals surface area contributed by atoms with E-state index in [0.717, 1.165) is 6.07 Å². The summed E-state index contributed by atoms with van der Waals surface area (Å²) in [5, 5.41) is 4.04. The third-order valence-electron chi connectivity index (χ3n) is 2.58. The molecule has 1 aromatic rings. The molecule has 1 atom stereocenters. The largest absolute Gasteiger partial charge is 0.311 e. The molecule has 0 saturated carbocycles. The molecule has 1 amide bonds. The van der Waals surface area contributed by atoms with Gasteiger partial charge < -0.3 is 4.90 Å². The topological polar surface area (TPSA) is 93.4 Å². The van der Waals surface area contributed by atoms with Crippen LogP contribution in [0.15, 0.2) is 18.3 Å². The number of carbonyl (C=O) groups is 1. The molecule has 0 spiro atoms. The first-order chi connectivity index (χ1) is 7.88. The van der Waals surface area contributed by atoms with Gasteiger partial charge in [-0.25, -0.2) is 18.5 Å². The van der Waals surface area contributed by atoms with E-state index in [1.54, 1.807) is 0 Å². The number of rotatable bonds is 2. The Morgan fingerprint density at radius 2 is 2.24 bits per heavy atom.